The average molecular weight is 200 g/mol. The van der Waals surface area contributed by atoms with Crippen molar-refractivity contribution in [2.45, 2.75) is 6.54 Å². The van der Waals surface area contributed by atoms with Gasteiger partial charge >= 0.3 is 0 Å². The third-order valence-electron chi connectivity index (χ3n) is 1.84. The lowest BCUT2D eigenvalue weighted by Gasteiger charge is -1.99. The second-order valence-corrected chi connectivity index (χ2v) is 2.88. The number of nitrogens with zero attached hydrogens (tertiary/aromatic N) is 5. The highest BCUT2D eigenvalue weighted by Crippen LogP contribution is 2.02. The van der Waals surface area contributed by atoms with Crippen molar-refractivity contribution in [2.75, 3.05) is 0 Å². The second-order valence-electron chi connectivity index (χ2n) is 2.88. The number of hydrogen-bond acceptors (Lipinski definition) is 5. The molecule has 0 bridgehead atoms. The summed E-state index contributed by atoms with van der Waals surface area (Å²) in [4.78, 5) is 8.13. The third kappa shape index (κ3) is 1.82. The number of nitriles is 1. The van der Waals surface area contributed by atoms with E-state index >= 15 is 0 Å². The summed E-state index contributed by atoms with van der Waals surface area (Å²) in [5.41, 5.74) is 6.75. The van der Waals surface area contributed by atoms with Crippen LogP contribution in [0.25, 0.3) is 5.95 Å². The van der Waals surface area contributed by atoms with Gasteiger partial charge in [0.15, 0.2) is 0 Å². The van der Waals surface area contributed by atoms with Gasteiger partial charge in [-0.3, -0.25) is 0 Å². The molecule has 2 aromatic heterocycles. The van der Waals surface area contributed by atoms with Gasteiger partial charge < -0.3 is 5.73 Å². The molecular formula is C9H8N6. The lowest BCUT2D eigenvalue weighted by atomic mass is 10.3. The maximum atomic E-state index is 8.62. The maximum absolute atomic E-state index is 8.62. The van der Waals surface area contributed by atoms with Gasteiger partial charge in [0.2, 0.25) is 5.95 Å². The highest BCUT2D eigenvalue weighted by atomic mass is 15.3. The summed E-state index contributed by atoms with van der Waals surface area (Å²) in [7, 11) is 0. The molecule has 6 heteroatoms. The molecule has 0 aliphatic carbocycles. The van der Waals surface area contributed by atoms with Gasteiger partial charge in [-0.1, -0.05) is 0 Å². The van der Waals surface area contributed by atoms with Crippen LogP contribution in [0.2, 0.25) is 0 Å². The fraction of sp³-hybridized carbons (Fsp3) is 0.111. The van der Waals surface area contributed by atoms with Crippen molar-refractivity contribution in [3.63, 3.8) is 0 Å². The number of aromatic nitrogens is 4. The van der Waals surface area contributed by atoms with Gasteiger partial charge in [0, 0.05) is 24.5 Å². The van der Waals surface area contributed by atoms with Crippen LogP contribution in [0.4, 0.5) is 0 Å². The minimum absolute atomic E-state index is 0.406. The molecule has 2 N–H and O–H groups in total. The SMILES string of the molecule is N#Cc1cnn(-c2ncc(CN)cn2)c1. The lowest BCUT2D eigenvalue weighted by Crippen LogP contribution is -2.04. The minimum Gasteiger partial charge on any atom is -0.326 e. The third-order valence-corrected chi connectivity index (χ3v) is 1.84. The van der Waals surface area contributed by atoms with E-state index in [0.29, 0.717) is 18.1 Å². The number of hydrogen-bond donors (Lipinski definition) is 1. The largest absolute Gasteiger partial charge is 0.326 e. The summed E-state index contributed by atoms with van der Waals surface area (Å²) in [5.74, 6) is 0.425. The van der Waals surface area contributed by atoms with Crippen LogP contribution < -0.4 is 5.73 Å². The fourth-order valence-corrected chi connectivity index (χ4v) is 1.06. The Morgan fingerprint density at radius 3 is 2.60 bits per heavy atom. The van der Waals surface area contributed by atoms with Crippen LogP contribution in [0.5, 0.6) is 0 Å². The fourth-order valence-electron chi connectivity index (χ4n) is 1.06. The first-order valence-corrected chi connectivity index (χ1v) is 4.29. The van der Waals surface area contributed by atoms with Crippen LogP contribution in [-0.4, -0.2) is 19.7 Å². The quantitative estimate of drug-likeness (QED) is 0.736. The Kier molecular flexibility index (Phi) is 2.39. The molecule has 15 heavy (non-hydrogen) atoms. The molecular weight excluding hydrogens is 192 g/mol. The van der Waals surface area contributed by atoms with Gasteiger partial charge in [-0.25, -0.2) is 14.6 Å². The molecule has 0 radical (unpaired) electrons. The molecule has 0 fully saturated rings. The van der Waals surface area contributed by atoms with Crippen LogP contribution in [0.15, 0.2) is 24.8 Å². The van der Waals surface area contributed by atoms with E-state index in [-0.39, 0.29) is 0 Å². The van der Waals surface area contributed by atoms with Gasteiger partial charge in [0.25, 0.3) is 0 Å². The first-order valence-electron chi connectivity index (χ1n) is 4.29. The Balaban J connectivity index is 2.33. The second kappa shape index (κ2) is 3.86. The van der Waals surface area contributed by atoms with Crippen molar-refractivity contribution in [3.8, 4) is 12.0 Å². The van der Waals surface area contributed by atoms with E-state index in [1.807, 2.05) is 6.07 Å². The van der Waals surface area contributed by atoms with Crippen molar-refractivity contribution in [1.82, 2.24) is 19.7 Å². The smallest absolute Gasteiger partial charge is 0.250 e. The zero-order valence-electron chi connectivity index (χ0n) is 7.83. The summed E-state index contributed by atoms with van der Waals surface area (Å²) in [5, 5.41) is 12.6. The van der Waals surface area contributed by atoms with Crippen LogP contribution in [0.1, 0.15) is 11.1 Å². The van der Waals surface area contributed by atoms with E-state index in [1.165, 1.54) is 10.9 Å². The molecule has 0 atom stereocenters. The van der Waals surface area contributed by atoms with E-state index in [4.69, 9.17) is 11.0 Å². The summed E-state index contributed by atoms with van der Waals surface area (Å²) >= 11 is 0. The minimum atomic E-state index is 0.406. The molecule has 2 heterocycles. The first-order chi connectivity index (χ1) is 7.33. The predicted octanol–water partition coefficient (Wildman–Crippen LogP) is -0.00732. The van der Waals surface area contributed by atoms with E-state index in [0.717, 1.165) is 5.56 Å². The van der Waals surface area contributed by atoms with Gasteiger partial charge in [0.05, 0.1) is 18.0 Å². The number of nitrogens with two attached hydrogens (primary N) is 1. The lowest BCUT2D eigenvalue weighted by molar-refractivity contribution is 0.801. The average Bonchev–Trinajstić information content (AvgIpc) is 2.78. The van der Waals surface area contributed by atoms with Crippen molar-refractivity contribution < 1.29 is 0 Å². The standard InChI is InChI=1S/C9H8N6/c10-1-7-3-12-9(13-4-7)15-6-8(2-11)5-14-15/h3-6H,1,10H2. The Morgan fingerprint density at radius 2 is 2.07 bits per heavy atom. The van der Waals surface area contributed by atoms with Gasteiger partial charge in [-0.15, -0.1) is 0 Å². The van der Waals surface area contributed by atoms with Crippen molar-refractivity contribution in [3.05, 3.63) is 35.9 Å². The molecule has 6 nitrogen and oxygen atoms in total. The molecule has 0 aromatic carbocycles. The molecule has 2 rings (SSSR count). The van der Waals surface area contributed by atoms with E-state index in [1.54, 1.807) is 18.6 Å². The monoisotopic (exact) mass is 200 g/mol. The summed E-state index contributed by atoms with van der Waals surface area (Å²) < 4.78 is 1.44. The summed E-state index contributed by atoms with van der Waals surface area (Å²) in [6.07, 6.45) is 6.30. The Hall–Kier alpha value is -2.26. The Labute approximate surface area is 86.0 Å². The van der Waals surface area contributed by atoms with Crippen LogP contribution in [0.3, 0.4) is 0 Å². The van der Waals surface area contributed by atoms with Crippen LogP contribution >= 0.6 is 0 Å². The highest BCUT2D eigenvalue weighted by molar-refractivity contribution is 5.25. The van der Waals surface area contributed by atoms with Crippen molar-refractivity contribution in [1.29, 1.82) is 5.26 Å². The van der Waals surface area contributed by atoms with Crippen LogP contribution in [-0.2, 0) is 6.54 Å². The molecule has 74 valence electrons. The maximum Gasteiger partial charge on any atom is 0.250 e. The molecule has 0 saturated heterocycles. The summed E-state index contributed by atoms with van der Waals surface area (Å²) in [6.45, 7) is 0.406. The Morgan fingerprint density at radius 1 is 1.33 bits per heavy atom. The van der Waals surface area contributed by atoms with E-state index in [2.05, 4.69) is 15.1 Å². The molecule has 0 aliphatic rings. The first kappa shape index (κ1) is 9.30. The molecule has 0 amide bonds. The zero-order chi connectivity index (χ0) is 10.7. The zero-order valence-corrected chi connectivity index (χ0v) is 7.83. The predicted molar refractivity (Wildman–Crippen MR) is 51.8 cm³/mol. The molecule has 0 aliphatic heterocycles. The molecule has 0 saturated carbocycles. The van der Waals surface area contributed by atoms with Crippen molar-refractivity contribution in [2.24, 2.45) is 5.73 Å². The van der Waals surface area contributed by atoms with E-state index in [9.17, 15) is 0 Å². The van der Waals surface area contributed by atoms with Crippen LogP contribution in [0, 0.1) is 11.3 Å². The normalized spacial score (nSPS) is 9.87. The van der Waals surface area contributed by atoms with Gasteiger partial charge in [-0.2, -0.15) is 10.4 Å². The molecule has 0 spiro atoms. The van der Waals surface area contributed by atoms with Gasteiger partial charge in [-0.05, 0) is 0 Å². The molecule has 0 unspecified atom stereocenters. The van der Waals surface area contributed by atoms with E-state index < -0.39 is 0 Å². The number of rotatable bonds is 2. The van der Waals surface area contributed by atoms with Gasteiger partial charge in [0.1, 0.15) is 6.07 Å². The van der Waals surface area contributed by atoms with Crippen molar-refractivity contribution >= 4 is 0 Å². The highest BCUT2D eigenvalue weighted by Gasteiger charge is 2.02. The Bertz CT molecular complexity index is 492. The summed E-state index contributed by atoms with van der Waals surface area (Å²) in [6, 6.07) is 1.98. The topological polar surface area (TPSA) is 93.4 Å². The molecule has 2 aromatic rings.